The minimum absolute atomic E-state index is 0.272. The van der Waals surface area contributed by atoms with Gasteiger partial charge in [-0.05, 0) is 72.2 Å². The molecule has 0 saturated carbocycles. The Kier molecular flexibility index (Phi) is 5.50. The molecular weight excluding hydrogens is 390 g/mol. The summed E-state index contributed by atoms with van der Waals surface area (Å²) in [7, 11) is 0. The van der Waals surface area contributed by atoms with Crippen LogP contribution in [0.4, 0.5) is 5.69 Å². The van der Waals surface area contributed by atoms with Crippen LogP contribution >= 0.6 is 11.6 Å². The van der Waals surface area contributed by atoms with Gasteiger partial charge in [0.25, 0.3) is 0 Å². The van der Waals surface area contributed by atoms with Gasteiger partial charge < -0.3 is 10.1 Å². The Balaban J connectivity index is 1.30. The Bertz CT molecular complexity index is 1050. The molecule has 2 nitrogen and oxygen atoms in total. The second-order valence-corrected chi connectivity index (χ2v) is 8.65. The monoisotopic (exact) mass is 415 g/mol. The predicted molar refractivity (Wildman–Crippen MR) is 125 cm³/mol. The summed E-state index contributed by atoms with van der Waals surface area (Å²) in [6.07, 6.45) is 7.82. The van der Waals surface area contributed by atoms with Crippen LogP contribution in [0.15, 0.2) is 84.9 Å². The number of nitrogens with one attached hydrogen (secondary N) is 1. The SMILES string of the molecule is Clc1cccc(C2Nc3ccc(OCCCc4ccccc4)cc3C3C=CCC32)c1. The first-order valence-electron chi connectivity index (χ1n) is 10.8. The van der Waals surface area contributed by atoms with Crippen LogP contribution in [0.25, 0.3) is 0 Å². The average molecular weight is 416 g/mol. The standard InChI is InChI=1S/C27H26ClNO/c28-21-11-4-10-20(17-21)27-24-13-5-12-23(24)25-18-22(14-15-26(25)29-27)30-16-6-9-19-7-2-1-3-8-19/h1-5,7-8,10-12,14-15,17-18,23-24,27,29H,6,9,13,16H2. The van der Waals surface area contributed by atoms with Gasteiger partial charge in [0.1, 0.15) is 5.75 Å². The fourth-order valence-electron chi connectivity index (χ4n) is 4.80. The van der Waals surface area contributed by atoms with Crippen molar-refractivity contribution in [2.45, 2.75) is 31.2 Å². The van der Waals surface area contributed by atoms with Gasteiger partial charge in [0.05, 0.1) is 12.6 Å². The van der Waals surface area contributed by atoms with Gasteiger partial charge in [-0.1, -0.05) is 66.2 Å². The van der Waals surface area contributed by atoms with Crippen LogP contribution in [0.1, 0.15) is 41.5 Å². The van der Waals surface area contributed by atoms with E-state index in [2.05, 4.69) is 78.1 Å². The van der Waals surface area contributed by atoms with Crippen molar-refractivity contribution in [2.24, 2.45) is 5.92 Å². The second kappa shape index (κ2) is 8.57. The fraction of sp³-hybridized carbons (Fsp3) is 0.259. The molecule has 0 fully saturated rings. The highest BCUT2D eigenvalue weighted by Gasteiger charge is 2.38. The lowest BCUT2D eigenvalue weighted by molar-refractivity contribution is 0.310. The van der Waals surface area contributed by atoms with Gasteiger partial charge in [0.2, 0.25) is 0 Å². The Labute approximate surface area is 183 Å². The summed E-state index contributed by atoms with van der Waals surface area (Å²) < 4.78 is 6.10. The van der Waals surface area contributed by atoms with Gasteiger partial charge >= 0.3 is 0 Å². The first kappa shape index (κ1) is 19.3. The Morgan fingerprint density at radius 1 is 0.967 bits per heavy atom. The number of benzene rings is 3. The zero-order chi connectivity index (χ0) is 20.3. The molecule has 0 bridgehead atoms. The minimum atomic E-state index is 0.272. The summed E-state index contributed by atoms with van der Waals surface area (Å²) >= 11 is 6.27. The lowest BCUT2D eigenvalue weighted by Gasteiger charge is -2.37. The quantitative estimate of drug-likeness (QED) is 0.340. The minimum Gasteiger partial charge on any atom is -0.494 e. The number of ether oxygens (including phenoxy) is 1. The van der Waals surface area contributed by atoms with E-state index in [1.54, 1.807) is 0 Å². The van der Waals surface area contributed by atoms with E-state index in [9.17, 15) is 0 Å². The molecule has 30 heavy (non-hydrogen) atoms. The van der Waals surface area contributed by atoms with Crippen molar-refractivity contribution in [3.05, 3.63) is 107 Å². The van der Waals surface area contributed by atoms with E-state index >= 15 is 0 Å². The topological polar surface area (TPSA) is 21.3 Å². The number of hydrogen-bond donors (Lipinski definition) is 1. The van der Waals surface area contributed by atoms with E-state index in [0.717, 1.165) is 36.6 Å². The predicted octanol–water partition coefficient (Wildman–Crippen LogP) is 7.18. The molecule has 0 aromatic heterocycles. The van der Waals surface area contributed by atoms with E-state index in [0.29, 0.717) is 11.8 Å². The Hall–Kier alpha value is -2.71. The highest BCUT2D eigenvalue weighted by Crippen LogP contribution is 2.50. The molecule has 1 aliphatic carbocycles. The van der Waals surface area contributed by atoms with Crippen molar-refractivity contribution in [3.63, 3.8) is 0 Å². The first-order valence-corrected chi connectivity index (χ1v) is 11.1. The number of anilines is 1. The Morgan fingerprint density at radius 3 is 2.73 bits per heavy atom. The van der Waals surface area contributed by atoms with Crippen LogP contribution in [0, 0.1) is 5.92 Å². The molecule has 2 aliphatic rings. The molecule has 3 aromatic rings. The summed E-state index contributed by atoms with van der Waals surface area (Å²) in [5, 5.41) is 4.57. The third kappa shape index (κ3) is 3.97. The highest BCUT2D eigenvalue weighted by molar-refractivity contribution is 6.30. The van der Waals surface area contributed by atoms with Gasteiger partial charge in [0, 0.05) is 16.6 Å². The molecule has 5 rings (SSSR count). The van der Waals surface area contributed by atoms with Crippen LogP contribution in [-0.2, 0) is 6.42 Å². The van der Waals surface area contributed by atoms with Crippen molar-refractivity contribution in [3.8, 4) is 5.75 Å². The molecule has 3 atom stereocenters. The van der Waals surface area contributed by atoms with Crippen molar-refractivity contribution < 1.29 is 4.74 Å². The maximum absolute atomic E-state index is 6.27. The molecular formula is C27H26ClNO. The third-order valence-corrected chi connectivity index (χ3v) is 6.50. The zero-order valence-corrected chi connectivity index (χ0v) is 17.7. The molecule has 0 amide bonds. The van der Waals surface area contributed by atoms with Crippen molar-refractivity contribution in [1.82, 2.24) is 0 Å². The maximum atomic E-state index is 6.27. The normalized spacial score (nSPS) is 21.6. The number of rotatable bonds is 6. The smallest absolute Gasteiger partial charge is 0.119 e. The van der Waals surface area contributed by atoms with E-state index in [-0.39, 0.29) is 6.04 Å². The van der Waals surface area contributed by atoms with Crippen LogP contribution in [-0.4, -0.2) is 6.61 Å². The molecule has 3 heteroatoms. The third-order valence-electron chi connectivity index (χ3n) is 6.26. The first-order chi connectivity index (χ1) is 14.8. The van der Waals surface area contributed by atoms with Gasteiger partial charge in [-0.25, -0.2) is 0 Å². The lowest BCUT2D eigenvalue weighted by Crippen LogP contribution is -2.29. The van der Waals surface area contributed by atoms with Gasteiger partial charge in [-0.15, -0.1) is 0 Å². The number of aryl methyl sites for hydroxylation is 1. The fourth-order valence-corrected chi connectivity index (χ4v) is 5.00. The molecule has 0 spiro atoms. The largest absolute Gasteiger partial charge is 0.494 e. The second-order valence-electron chi connectivity index (χ2n) is 8.22. The van der Waals surface area contributed by atoms with E-state index < -0.39 is 0 Å². The van der Waals surface area contributed by atoms with Crippen molar-refractivity contribution in [1.29, 1.82) is 0 Å². The molecule has 3 unspecified atom stereocenters. The molecule has 1 heterocycles. The van der Waals surface area contributed by atoms with Gasteiger partial charge in [0.15, 0.2) is 0 Å². The number of allylic oxidation sites excluding steroid dienone is 2. The zero-order valence-electron chi connectivity index (χ0n) is 16.9. The summed E-state index contributed by atoms with van der Waals surface area (Å²) in [4.78, 5) is 0. The molecule has 1 N–H and O–H groups in total. The van der Waals surface area contributed by atoms with E-state index in [1.807, 2.05) is 12.1 Å². The molecule has 3 aromatic carbocycles. The Morgan fingerprint density at radius 2 is 1.87 bits per heavy atom. The molecule has 0 radical (unpaired) electrons. The van der Waals surface area contributed by atoms with Crippen LogP contribution in [0.5, 0.6) is 5.75 Å². The van der Waals surface area contributed by atoms with Gasteiger partial charge in [-0.3, -0.25) is 0 Å². The highest BCUT2D eigenvalue weighted by atomic mass is 35.5. The summed E-state index contributed by atoms with van der Waals surface area (Å²) in [5.41, 5.74) is 5.16. The average Bonchev–Trinajstić information content (AvgIpc) is 3.27. The summed E-state index contributed by atoms with van der Waals surface area (Å²) in [5.74, 6) is 1.88. The van der Waals surface area contributed by atoms with Crippen LogP contribution in [0.2, 0.25) is 5.02 Å². The number of hydrogen-bond acceptors (Lipinski definition) is 2. The van der Waals surface area contributed by atoms with Crippen LogP contribution < -0.4 is 10.1 Å². The molecule has 0 saturated heterocycles. The number of halogens is 1. The van der Waals surface area contributed by atoms with E-state index in [4.69, 9.17) is 16.3 Å². The maximum Gasteiger partial charge on any atom is 0.119 e. The van der Waals surface area contributed by atoms with Crippen molar-refractivity contribution >= 4 is 17.3 Å². The molecule has 1 aliphatic heterocycles. The lowest BCUT2D eigenvalue weighted by atomic mass is 9.77. The summed E-state index contributed by atoms with van der Waals surface area (Å²) in [6, 6.07) is 25.6. The van der Waals surface area contributed by atoms with E-state index in [1.165, 1.54) is 22.4 Å². The number of fused-ring (bicyclic) bond motifs is 3. The van der Waals surface area contributed by atoms with Crippen molar-refractivity contribution in [2.75, 3.05) is 11.9 Å². The van der Waals surface area contributed by atoms with Crippen LogP contribution in [0.3, 0.4) is 0 Å². The van der Waals surface area contributed by atoms with Gasteiger partial charge in [-0.2, -0.15) is 0 Å². The molecule has 152 valence electrons. The summed E-state index contributed by atoms with van der Waals surface area (Å²) in [6.45, 7) is 0.732.